The Bertz CT molecular complexity index is 497. The topological polar surface area (TPSA) is 24.9 Å². The van der Waals surface area contributed by atoms with Gasteiger partial charge in [0.05, 0.1) is 0 Å². The Morgan fingerprint density at radius 3 is 2.78 bits per heavy atom. The van der Waals surface area contributed by atoms with E-state index in [1.807, 2.05) is 31.2 Å². The second-order valence-corrected chi connectivity index (χ2v) is 4.19. The lowest BCUT2D eigenvalue weighted by Gasteiger charge is -2.10. The molecule has 0 unspecified atom stereocenters. The fourth-order valence-corrected chi connectivity index (χ4v) is 1.89. The molecule has 1 aromatic heterocycles. The molecule has 0 bridgehead atoms. The maximum absolute atomic E-state index is 13.3. The van der Waals surface area contributed by atoms with E-state index in [2.05, 4.69) is 10.3 Å². The molecular weight excluding hydrogens is 227 g/mol. The highest BCUT2D eigenvalue weighted by molar-refractivity contribution is 5.31. The van der Waals surface area contributed by atoms with Crippen LogP contribution in [-0.4, -0.2) is 11.5 Å². The molecule has 1 aromatic carbocycles. The Kier molecular flexibility index (Phi) is 4.42. The summed E-state index contributed by atoms with van der Waals surface area (Å²) in [6.45, 7) is 3.60. The number of hydrogen-bond acceptors (Lipinski definition) is 2. The Morgan fingerprint density at radius 1 is 1.17 bits per heavy atom. The Balaban J connectivity index is 2.21. The van der Waals surface area contributed by atoms with Gasteiger partial charge in [-0.25, -0.2) is 4.39 Å². The van der Waals surface area contributed by atoms with E-state index in [4.69, 9.17) is 0 Å². The first-order valence-corrected chi connectivity index (χ1v) is 6.17. The van der Waals surface area contributed by atoms with Crippen molar-refractivity contribution in [1.29, 1.82) is 0 Å². The van der Waals surface area contributed by atoms with Gasteiger partial charge < -0.3 is 5.32 Å². The van der Waals surface area contributed by atoms with Gasteiger partial charge in [-0.05, 0) is 41.9 Å². The van der Waals surface area contributed by atoms with Crippen LogP contribution in [0.25, 0.3) is 0 Å². The average Bonchev–Trinajstić information content (AvgIpc) is 2.40. The SMILES string of the molecule is CCNCc1cc(F)ccc1Cc1ccccn1. The normalized spacial score (nSPS) is 10.6. The third-order valence-electron chi connectivity index (χ3n) is 2.83. The predicted octanol–water partition coefficient (Wildman–Crippen LogP) is 2.92. The first-order chi connectivity index (χ1) is 8.79. The molecular formula is C15H17FN2. The van der Waals surface area contributed by atoms with Gasteiger partial charge >= 0.3 is 0 Å². The van der Waals surface area contributed by atoms with Gasteiger partial charge in [-0.2, -0.15) is 0 Å². The van der Waals surface area contributed by atoms with Crippen LogP contribution in [0.2, 0.25) is 0 Å². The third-order valence-corrected chi connectivity index (χ3v) is 2.83. The largest absolute Gasteiger partial charge is 0.313 e. The number of nitrogens with zero attached hydrogens (tertiary/aromatic N) is 1. The van der Waals surface area contributed by atoms with Crippen LogP contribution in [0.4, 0.5) is 4.39 Å². The van der Waals surface area contributed by atoms with Gasteiger partial charge in [0, 0.05) is 24.9 Å². The number of aromatic nitrogens is 1. The summed E-state index contributed by atoms with van der Waals surface area (Å²) in [5, 5.41) is 3.23. The van der Waals surface area contributed by atoms with Crippen molar-refractivity contribution >= 4 is 0 Å². The lowest BCUT2D eigenvalue weighted by Crippen LogP contribution is -2.13. The molecule has 0 spiro atoms. The van der Waals surface area contributed by atoms with Crippen molar-refractivity contribution in [3.8, 4) is 0 Å². The fourth-order valence-electron chi connectivity index (χ4n) is 1.89. The molecule has 0 amide bonds. The standard InChI is InChI=1S/C15H17FN2/c1-2-17-11-13-9-14(16)7-6-12(13)10-15-5-3-4-8-18-15/h3-9,17H,2,10-11H2,1H3. The molecule has 18 heavy (non-hydrogen) atoms. The molecule has 1 N–H and O–H groups in total. The average molecular weight is 244 g/mol. The molecule has 2 rings (SSSR count). The minimum absolute atomic E-state index is 0.187. The number of rotatable bonds is 5. The molecule has 2 aromatic rings. The number of nitrogens with one attached hydrogen (secondary N) is 1. The lowest BCUT2D eigenvalue weighted by molar-refractivity contribution is 0.620. The second-order valence-electron chi connectivity index (χ2n) is 4.19. The first kappa shape index (κ1) is 12.7. The summed E-state index contributed by atoms with van der Waals surface area (Å²) in [5.74, 6) is -0.187. The van der Waals surface area contributed by atoms with Crippen LogP contribution in [0.3, 0.4) is 0 Å². The molecule has 0 saturated heterocycles. The number of benzene rings is 1. The number of pyridine rings is 1. The summed E-state index contributed by atoms with van der Waals surface area (Å²) in [6.07, 6.45) is 2.52. The van der Waals surface area contributed by atoms with Gasteiger partial charge in [-0.1, -0.05) is 19.1 Å². The molecule has 3 heteroatoms. The fraction of sp³-hybridized carbons (Fsp3) is 0.267. The van der Waals surface area contributed by atoms with E-state index in [1.165, 1.54) is 6.07 Å². The van der Waals surface area contributed by atoms with Crippen molar-refractivity contribution in [3.63, 3.8) is 0 Å². The zero-order chi connectivity index (χ0) is 12.8. The molecule has 0 aliphatic carbocycles. The zero-order valence-electron chi connectivity index (χ0n) is 10.5. The van der Waals surface area contributed by atoms with Crippen LogP contribution in [0, 0.1) is 5.82 Å². The Morgan fingerprint density at radius 2 is 2.06 bits per heavy atom. The smallest absolute Gasteiger partial charge is 0.123 e. The summed E-state index contributed by atoms with van der Waals surface area (Å²) < 4.78 is 13.3. The van der Waals surface area contributed by atoms with Crippen molar-refractivity contribution in [2.75, 3.05) is 6.54 Å². The van der Waals surface area contributed by atoms with Crippen molar-refractivity contribution in [3.05, 3.63) is 65.2 Å². The van der Waals surface area contributed by atoms with E-state index in [1.54, 1.807) is 12.3 Å². The minimum Gasteiger partial charge on any atom is -0.313 e. The molecule has 0 radical (unpaired) electrons. The summed E-state index contributed by atoms with van der Waals surface area (Å²) in [5.41, 5.74) is 3.13. The maximum atomic E-state index is 13.3. The number of hydrogen-bond donors (Lipinski definition) is 1. The molecule has 0 atom stereocenters. The van der Waals surface area contributed by atoms with Crippen LogP contribution < -0.4 is 5.32 Å². The van der Waals surface area contributed by atoms with Gasteiger partial charge in [-0.15, -0.1) is 0 Å². The highest BCUT2D eigenvalue weighted by Gasteiger charge is 2.05. The predicted molar refractivity (Wildman–Crippen MR) is 70.8 cm³/mol. The van der Waals surface area contributed by atoms with Gasteiger partial charge in [0.25, 0.3) is 0 Å². The quantitative estimate of drug-likeness (QED) is 0.874. The second kappa shape index (κ2) is 6.26. The summed E-state index contributed by atoms with van der Waals surface area (Å²) in [7, 11) is 0. The van der Waals surface area contributed by atoms with Crippen LogP contribution in [0.15, 0.2) is 42.6 Å². The highest BCUT2D eigenvalue weighted by atomic mass is 19.1. The van der Waals surface area contributed by atoms with Crippen LogP contribution in [0.5, 0.6) is 0 Å². The molecule has 0 aliphatic rings. The van der Waals surface area contributed by atoms with Gasteiger partial charge in [-0.3, -0.25) is 4.98 Å². The highest BCUT2D eigenvalue weighted by Crippen LogP contribution is 2.15. The van der Waals surface area contributed by atoms with Crippen molar-refractivity contribution in [2.24, 2.45) is 0 Å². The maximum Gasteiger partial charge on any atom is 0.123 e. The first-order valence-electron chi connectivity index (χ1n) is 6.17. The summed E-state index contributed by atoms with van der Waals surface area (Å²) in [4.78, 5) is 4.30. The Labute approximate surface area is 107 Å². The van der Waals surface area contributed by atoms with E-state index in [9.17, 15) is 4.39 Å². The number of halogens is 1. The van der Waals surface area contributed by atoms with Crippen molar-refractivity contribution < 1.29 is 4.39 Å². The van der Waals surface area contributed by atoms with Gasteiger partial charge in [0.1, 0.15) is 5.82 Å². The van der Waals surface area contributed by atoms with Crippen LogP contribution >= 0.6 is 0 Å². The molecule has 0 fully saturated rings. The van der Waals surface area contributed by atoms with E-state index in [0.29, 0.717) is 6.54 Å². The van der Waals surface area contributed by atoms with Crippen molar-refractivity contribution in [2.45, 2.75) is 19.9 Å². The zero-order valence-corrected chi connectivity index (χ0v) is 10.5. The lowest BCUT2D eigenvalue weighted by atomic mass is 10.0. The van der Waals surface area contributed by atoms with E-state index in [0.717, 1.165) is 29.8 Å². The third kappa shape index (κ3) is 3.37. The van der Waals surface area contributed by atoms with Gasteiger partial charge in [0.15, 0.2) is 0 Å². The monoisotopic (exact) mass is 244 g/mol. The van der Waals surface area contributed by atoms with E-state index in [-0.39, 0.29) is 5.82 Å². The molecule has 1 heterocycles. The molecule has 94 valence electrons. The molecule has 0 aliphatic heterocycles. The summed E-state index contributed by atoms with van der Waals surface area (Å²) in [6, 6.07) is 10.8. The van der Waals surface area contributed by atoms with Gasteiger partial charge in [0.2, 0.25) is 0 Å². The molecule has 2 nitrogen and oxygen atoms in total. The minimum atomic E-state index is -0.187. The summed E-state index contributed by atoms with van der Waals surface area (Å²) >= 11 is 0. The van der Waals surface area contributed by atoms with E-state index >= 15 is 0 Å². The molecule has 0 saturated carbocycles. The Hall–Kier alpha value is -1.74. The van der Waals surface area contributed by atoms with Crippen LogP contribution in [-0.2, 0) is 13.0 Å². The van der Waals surface area contributed by atoms with Crippen molar-refractivity contribution in [1.82, 2.24) is 10.3 Å². The van der Waals surface area contributed by atoms with E-state index < -0.39 is 0 Å². The van der Waals surface area contributed by atoms with Crippen LogP contribution in [0.1, 0.15) is 23.7 Å².